The van der Waals surface area contributed by atoms with Crippen LogP contribution in [0.25, 0.3) is 10.4 Å². The Morgan fingerprint density at radius 2 is 1.51 bits per heavy atom. The van der Waals surface area contributed by atoms with Crippen molar-refractivity contribution in [3.05, 3.63) is 155 Å². The molecule has 5 amide bonds. The molecule has 2 aromatic heterocycles. The Morgan fingerprint density at radius 1 is 0.793 bits per heavy atom. The monoisotopic (exact) mass is 1210 g/mol. The molecule has 6 aromatic rings. The average Bonchev–Trinajstić information content (AvgIpc) is 3.45. The molecule has 0 radical (unpaired) electrons. The third-order valence-corrected chi connectivity index (χ3v) is 17.1. The molecule has 0 bridgehead atoms. The Bertz CT molecular complexity index is 3200. The first-order valence-electron chi connectivity index (χ1n) is 30.6. The van der Waals surface area contributed by atoms with Crippen LogP contribution in [0.15, 0.2) is 121 Å². The standard InChI is InChI=1S/C68H87N9O9S/c1-46(50-18-20-52(21-19-50)63-47(2)72-45-87-63)73-65(81)60-41-54(78)43-77(60)67(83)64(68(3,4)5)74-61(79)15-10-8-9-11-38-84-55-22-16-48(17-23-55)28-33-71-62(80)44-85-56-24-26-57(27-25-56)86-58-14-12-13-53(40-58)66(82)75(7)42-49-29-32-70-59(39-49)51-30-35-76(36-31-51)37-34-69-6/h12-14,16-27,29,32,39-40,45-46,51,54,60,64,69,78H,8-11,15,28,30-31,33-38,41-44H2,1-7H3,(H,71,80)(H,73,81)(H,74,79)/t46-,54+,60-,64+/m0/s1. The van der Waals surface area contributed by atoms with Gasteiger partial charge in [0.2, 0.25) is 17.7 Å². The summed E-state index contributed by atoms with van der Waals surface area (Å²) in [5.41, 5.74) is 7.81. The number of β-amino-alcohol motifs (C(OH)–C–C–N with tert-alkyl or cyclic N) is 1. The van der Waals surface area contributed by atoms with E-state index in [0.717, 1.165) is 103 Å². The minimum absolute atomic E-state index is 0.00836. The summed E-state index contributed by atoms with van der Waals surface area (Å²) in [5, 5.41) is 22.8. The Balaban J connectivity index is 0.673. The smallest absolute Gasteiger partial charge is 0.257 e. The zero-order chi connectivity index (χ0) is 61.9. The van der Waals surface area contributed by atoms with Crippen molar-refractivity contribution in [3.8, 4) is 33.4 Å². The van der Waals surface area contributed by atoms with Gasteiger partial charge in [-0.15, -0.1) is 11.3 Å². The average molecular weight is 1210 g/mol. The second kappa shape index (κ2) is 31.8. The van der Waals surface area contributed by atoms with E-state index in [0.29, 0.717) is 61.3 Å². The number of pyridine rings is 1. The van der Waals surface area contributed by atoms with Gasteiger partial charge in [-0.1, -0.05) is 76.1 Å². The van der Waals surface area contributed by atoms with E-state index < -0.39 is 23.6 Å². The SMILES string of the molecule is CNCCN1CCC(c2cc(CN(C)C(=O)c3cccc(Oc4ccc(OCC(=O)NCCc5ccc(OCCCCCCC(=O)N[C@H](C(=O)N6C[C@H](O)C[C@H]6C(=O)N[C@@H](C)c6ccc(-c7scnc7C)cc6)C(C)(C)C)cc5)cc4)c3)ccn2)CC1. The van der Waals surface area contributed by atoms with Crippen LogP contribution in [-0.2, 0) is 32.1 Å². The highest BCUT2D eigenvalue weighted by Crippen LogP contribution is 2.32. The maximum atomic E-state index is 14.1. The number of aliphatic hydroxyl groups is 1. The van der Waals surface area contributed by atoms with Crippen LogP contribution >= 0.6 is 11.3 Å². The van der Waals surface area contributed by atoms with Crippen molar-refractivity contribution < 1.29 is 43.3 Å². The first kappa shape index (κ1) is 65.3. The lowest BCUT2D eigenvalue weighted by Gasteiger charge is -2.35. The summed E-state index contributed by atoms with van der Waals surface area (Å²) in [5.74, 6) is 1.45. The van der Waals surface area contributed by atoms with E-state index in [2.05, 4.69) is 37.2 Å². The van der Waals surface area contributed by atoms with Crippen molar-refractivity contribution in [2.75, 3.05) is 66.6 Å². The molecule has 0 unspecified atom stereocenters. The maximum Gasteiger partial charge on any atom is 0.257 e. The van der Waals surface area contributed by atoms with Crippen molar-refractivity contribution in [1.29, 1.82) is 0 Å². The molecule has 4 atom stereocenters. The molecular formula is C68H87N9O9S. The van der Waals surface area contributed by atoms with Gasteiger partial charge in [-0.25, -0.2) is 4.98 Å². The van der Waals surface area contributed by atoms with Gasteiger partial charge in [-0.2, -0.15) is 0 Å². The lowest BCUT2D eigenvalue weighted by atomic mass is 9.85. The van der Waals surface area contributed by atoms with E-state index >= 15 is 0 Å². The number of ether oxygens (including phenoxy) is 3. The Labute approximate surface area is 516 Å². The fourth-order valence-corrected chi connectivity index (χ4v) is 11.8. The lowest BCUT2D eigenvalue weighted by molar-refractivity contribution is -0.144. The number of thiazole rings is 1. The van der Waals surface area contributed by atoms with Gasteiger partial charge in [0.25, 0.3) is 11.8 Å². The molecule has 5 N–H and O–H groups in total. The zero-order valence-corrected chi connectivity index (χ0v) is 52.3. The number of likely N-dealkylation sites (tertiary alicyclic amines) is 2. The minimum atomic E-state index is -0.888. The van der Waals surface area contributed by atoms with Crippen LogP contribution < -0.4 is 35.5 Å². The molecule has 19 heteroatoms. The number of nitrogens with one attached hydrogen (secondary N) is 4. The molecule has 2 fully saturated rings. The van der Waals surface area contributed by atoms with Crippen LogP contribution in [0.3, 0.4) is 0 Å². The van der Waals surface area contributed by atoms with Crippen LogP contribution in [0.1, 0.15) is 129 Å². The summed E-state index contributed by atoms with van der Waals surface area (Å²) in [6.45, 7) is 15.0. The highest BCUT2D eigenvalue weighted by atomic mass is 32.1. The highest BCUT2D eigenvalue weighted by molar-refractivity contribution is 7.13. The number of aromatic nitrogens is 2. The number of likely N-dealkylation sites (N-methyl/N-ethyl adjacent to an activating group) is 1. The van der Waals surface area contributed by atoms with Crippen molar-refractivity contribution in [2.24, 2.45) is 5.41 Å². The van der Waals surface area contributed by atoms with Crippen LogP contribution in [-0.4, -0.2) is 144 Å². The molecule has 464 valence electrons. The summed E-state index contributed by atoms with van der Waals surface area (Å²) in [6.07, 6.45) is 7.26. The fraction of sp³-hybridized carbons (Fsp3) is 0.456. The number of carbonyl (C=O) groups excluding carboxylic acids is 5. The van der Waals surface area contributed by atoms with E-state index in [1.165, 1.54) is 4.90 Å². The number of hydrogen-bond donors (Lipinski definition) is 5. The Hall–Kier alpha value is -7.71. The van der Waals surface area contributed by atoms with Gasteiger partial charge in [-0.3, -0.25) is 29.0 Å². The minimum Gasteiger partial charge on any atom is -0.494 e. The summed E-state index contributed by atoms with van der Waals surface area (Å²) in [7, 11) is 3.79. The number of amides is 5. The molecule has 0 saturated carbocycles. The van der Waals surface area contributed by atoms with Gasteiger partial charge in [0, 0.05) is 76.0 Å². The third kappa shape index (κ3) is 19.4. The van der Waals surface area contributed by atoms with Crippen molar-refractivity contribution in [1.82, 2.24) is 45.9 Å². The van der Waals surface area contributed by atoms with Gasteiger partial charge < -0.3 is 55.3 Å². The number of nitrogens with zero attached hydrogens (tertiary/aromatic N) is 5. The summed E-state index contributed by atoms with van der Waals surface area (Å²) >= 11 is 1.58. The van der Waals surface area contributed by atoms with Crippen molar-refractivity contribution in [2.45, 2.75) is 129 Å². The van der Waals surface area contributed by atoms with E-state index in [1.54, 1.807) is 64.8 Å². The van der Waals surface area contributed by atoms with Gasteiger partial charge in [0.05, 0.1) is 34.8 Å². The van der Waals surface area contributed by atoms with Crippen LogP contribution in [0, 0.1) is 12.3 Å². The largest absolute Gasteiger partial charge is 0.494 e. The third-order valence-electron chi connectivity index (χ3n) is 16.1. The summed E-state index contributed by atoms with van der Waals surface area (Å²) in [4.78, 5) is 83.1. The normalized spacial score (nSPS) is 16.2. The number of aryl methyl sites for hydroxylation is 1. The molecule has 0 aliphatic carbocycles. The molecular weight excluding hydrogens is 1120 g/mol. The number of rotatable bonds is 29. The second-order valence-corrected chi connectivity index (χ2v) is 24.9. The molecule has 2 aliphatic rings. The van der Waals surface area contributed by atoms with Crippen LogP contribution in [0.2, 0.25) is 0 Å². The predicted octanol–water partition coefficient (Wildman–Crippen LogP) is 9.41. The van der Waals surface area contributed by atoms with E-state index in [4.69, 9.17) is 19.2 Å². The molecule has 2 aliphatic heterocycles. The Morgan fingerprint density at radius 3 is 2.22 bits per heavy atom. The van der Waals surface area contributed by atoms with E-state index in [-0.39, 0.29) is 61.6 Å². The molecule has 2 saturated heterocycles. The van der Waals surface area contributed by atoms with E-state index in [9.17, 15) is 29.1 Å². The number of benzene rings is 4. The number of hydrogen-bond acceptors (Lipinski definition) is 14. The number of carbonyl (C=O) groups is 5. The first-order chi connectivity index (χ1) is 41.9. The number of piperidine rings is 1. The predicted molar refractivity (Wildman–Crippen MR) is 339 cm³/mol. The van der Waals surface area contributed by atoms with Crippen molar-refractivity contribution >= 4 is 40.9 Å². The van der Waals surface area contributed by atoms with Gasteiger partial charge >= 0.3 is 0 Å². The maximum absolute atomic E-state index is 14.1. The van der Waals surface area contributed by atoms with Crippen molar-refractivity contribution in [3.63, 3.8) is 0 Å². The first-order valence-corrected chi connectivity index (χ1v) is 31.4. The molecule has 8 rings (SSSR count). The quantitative estimate of drug-likeness (QED) is 0.0277. The topological polar surface area (TPSA) is 217 Å². The van der Waals surface area contributed by atoms with Gasteiger partial charge in [0.1, 0.15) is 35.1 Å². The van der Waals surface area contributed by atoms with Crippen LogP contribution in [0.5, 0.6) is 23.0 Å². The van der Waals surface area contributed by atoms with Crippen LogP contribution in [0.4, 0.5) is 0 Å². The molecule has 4 aromatic carbocycles. The summed E-state index contributed by atoms with van der Waals surface area (Å²) < 4.78 is 17.8. The zero-order valence-electron chi connectivity index (χ0n) is 51.5. The summed E-state index contributed by atoms with van der Waals surface area (Å²) in [6, 6.07) is 31.9. The molecule has 18 nitrogen and oxygen atoms in total. The van der Waals surface area contributed by atoms with Gasteiger partial charge in [0.15, 0.2) is 6.61 Å². The highest BCUT2D eigenvalue weighted by Gasteiger charge is 2.44. The number of aliphatic hydroxyl groups excluding tert-OH is 1. The Kier molecular flexibility index (Phi) is 23.9. The van der Waals surface area contributed by atoms with Gasteiger partial charge in [-0.05, 0) is 160 Å². The second-order valence-electron chi connectivity index (χ2n) is 24.0. The molecule has 4 heterocycles. The molecule has 0 spiro atoms. The number of unbranched alkanes of at least 4 members (excludes halogenated alkanes) is 3. The van der Waals surface area contributed by atoms with E-state index in [1.807, 2.05) is 115 Å². The fourth-order valence-electron chi connectivity index (χ4n) is 11.0. The lowest BCUT2D eigenvalue weighted by Crippen LogP contribution is -2.57. The molecule has 87 heavy (non-hydrogen) atoms.